The van der Waals surface area contributed by atoms with Crippen molar-refractivity contribution in [3.63, 3.8) is 0 Å². The third-order valence-electron chi connectivity index (χ3n) is 2.76. The summed E-state index contributed by atoms with van der Waals surface area (Å²) in [4.78, 5) is 12.3. The molecule has 23 heavy (non-hydrogen) atoms. The second kappa shape index (κ2) is 7.76. The maximum atomic E-state index is 12.3. The molecule has 0 aromatic heterocycles. The van der Waals surface area contributed by atoms with Crippen LogP contribution in [0.4, 0.5) is 5.69 Å². The molecule has 0 spiro atoms. The van der Waals surface area contributed by atoms with E-state index >= 15 is 0 Å². The van der Waals surface area contributed by atoms with E-state index in [9.17, 15) is 4.79 Å². The molecule has 0 amide bonds. The van der Waals surface area contributed by atoms with Gasteiger partial charge < -0.3 is 0 Å². The molecule has 2 aromatic carbocycles. The lowest BCUT2D eigenvalue weighted by Gasteiger charge is -2.05. The van der Waals surface area contributed by atoms with Crippen molar-refractivity contribution in [3.8, 4) is 6.07 Å². The average molecular weight is 387 g/mol. The van der Waals surface area contributed by atoms with E-state index in [2.05, 4.69) is 10.2 Å². The molecular weight excluding hydrogens is 380 g/mol. The Morgan fingerprint density at radius 3 is 2.22 bits per heavy atom. The van der Waals surface area contributed by atoms with Gasteiger partial charge >= 0.3 is 0 Å². The van der Waals surface area contributed by atoms with E-state index in [1.54, 1.807) is 24.3 Å². The highest BCUT2D eigenvalue weighted by Crippen LogP contribution is 2.36. The molecule has 0 saturated heterocycles. The van der Waals surface area contributed by atoms with Gasteiger partial charge in [0.2, 0.25) is 11.8 Å². The van der Waals surface area contributed by atoms with Gasteiger partial charge in [-0.2, -0.15) is 15.5 Å². The van der Waals surface area contributed by atoms with Gasteiger partial charge in [-0.25, -0.2) is 0 Å². The minimum absolute atomic E-state index is 0.130. The third kappa shape index (κ3) is 4.21. The fourth-order valence-corrected chi connectivity index (χ4v) is 2.81. The summed E-state index contributed by atoms with van der Waals surface area (Å²) < 4.78 is 0. The number of nitrogens with zero attached hydrogens (tertiary/aromatic N) is 3. The predicted molar refractivity (Wildman–Crippen MR) is 91.2 cm³/mol. The van der Waals surface area contributed by atoms with E-state index in [-0.39, 0.29) is 26.3 Å². The zero-order chi connectivity index (χ0) is 17.0. The van der Waals surface area contributed by atoms with Crippen LogP contribution in [0.3, 0.4) is 0 Å². The minimum Gasteiger partial charge on any atom is -0.290 e. The minimum atomic E-state index is -1.36. The van der Waals surface area contributed by atoms with Crippen molar-refractivity contribution < 1.29 is 4.79 Å². The highest BCUT2D eigenvalue weighted by molar-refractivity contribution is 6.41. The molecule has 1 unspecified atom stereocenters. The number of hydrogen-bond donors (Lipinski definition) is 0. The zero-order valence-corrected chi connectivity index (χ0v) is 14.3. The van der Waals surface area contributed by atoms with Crippen LogP contribution >= 0.6 is 46.4 Å². The van der Waals surface area contributed by atoms with Crippen molar-refractivity contribution in [2.45, 2.75) is 6.04 Å². The largest absolute Gasteiger partial charge is 0.290 e. The predicted octanol–water partition coefficient (Wildman–Crippen LogP) is 6.16. The Bertz CT molecular complexity index is 807. The molecule has 0 aliphatic heterocycles. The second-order valence-corrected chi connectivity index (χ2v) is 5.97. The standard InChI is InChI=1S/C15H7Cl4N3O/c16-8-5-11(18)14(12(19)6-8)22-21-13(7-20)15(23)9-3-1-2-4-10(9)17/h1-6,13H. The molecule has 0 saturated carbocycles. The van der Waals surface area contributed by atoms with Crippen LogP contribution < -0.4 is 0 Å². The molecule has 2 aromatic rings. The molecular formula is C15H7Cl4N3O. The van der Waals surface area contributed by atoms with Gasteiger partial charge in [0.1, 0.15) is 5.69 Å². The molecule has 0 aliphatic rings. The highest BCUT2D eigenvalue weighted by atomic mass is 35.5. The van der Waals surface area contributed by atoms with Crippen molar-refractivity contribution >= 4 is 57.9 Å². The van der Waals surface area contributed by atoms with E-state index in [0.717, 1.165) is 0 Å². The molecule has 0 heterocycles. The maximum absolute atomic E-state index is 12.3. The van der Waals surface area contributed by atoms with E-state index < -0.39 is 11.8 Å². The summed E-state index contributed by atoms with van der Waals surface area (Å²) in [7, 11) is 0. The van der Waals surface area contributed by atoms with Gasteiger partial charge in [0, 0.05) is 10.6 Å². The molecule has 2 rings (SSSR count). The quantitative estimate of drug-likeness (QED) is 0.466. The molecule has 0 aliphatic carbocycles. The Balaban J connectivity index is 2.32. The van der Waals surface area contributed by atoms with Crippen LogP contribution in [0, 0.1) is 11.3 Å². The van der Waals surface area contributed by atoms with Crippen LogP contribution in [0.15, 0.2) is 46.6 Å². The number of rotatable bonds is 4. The van der Waals surface area contributed by atoms with E-state index in [4.69, 9.17) is 51.7 Å². The first-order valence-electron chi connectivity index (χ1n) is 6.17. The van der Waals surface area contributed by atoms with E-state index in [1.807, 2.05) is 0 Å². The van der Waals surface area contributed by atoms with E-state index in [0.29, 0.717) is 5.02 Å². The maximum Gasteiger partial charge on any atom is 0.219 e. The van der Waals surface area contributed by atoms with Gasteiger partial charge in [0.15, 0.2) is 0 Å². The van der Waals surface area contributed by atoms with Crippen LogP contribution in [-0.4, -0.2) is 11.8 Å². The Kier molecular flexibility index (Phi) is 5.97. The molecule has 8 heteroatoms. The summed E-state index contributed by atoms with van der Waals surface area (Å²) in [5, 5.41) is 17.6. The van der Waals surface area contributed by atoms with Gasteiger partial charge in [-0.05, 0) is 24.3 Å². The fraction of sp³-hybridized carbons (Fsp3) is 0.0667. The van der Waals surface area contributed by atoms with Crippen LogP contribution in [-0.2, 0) is 0 Å². The summed E-state index contributed by atoms with van der Waals surface area (Å²) in [5.41, 5.74) is 0.318. The van der Waals surface area contributed by atoms with Crippen molar-refractivity contribution in [2.75, 3.05) is 0 Å². The lowest BCUT2D eigenvalue weighted by molar-refractivity contribution is 0.0979. The molecule has 0 radical (unpaired) electrons. The second-order valence-electron chi connectivity index (χ2n) is 4.31. The normalized spacial score (nSPS) is 12.1. The number of azo groups is 1. The van der Waals surface area contributed by atoms with Gasteiger partial charge in [-0.1, -0.05) is 58.5 Å². The highest BCUT2D eigenvalue weighted by Gasteiger charge is 2.21. The van der Waals surface area contributed by atoms with Gasteiger partial charge in [0.05, 0.1) is 21.1 Å². The number of Topliss-reactive ketones (excluding diaryl/α,β-unsaturated/α-hetero) is 1. The summed E-state index contributed by atoms with van der Waals surface area (Å²) in [5.74, 6) is -0.567. The van der Waals surface area contributed by atoms with Crippen LogP contribution in [0.5, 0.6) is 0 Å². The summed E-state index contributed by atoms with van der Waals surface area (Å²) in [6, 6.07) is 9.63. The molecule has 1 atom stereocenters. The molecule has 0 fully saturated rings. The first-order valence-corrected chi connectivity index (χ1v) is 7.69. The molecule has 4 nitrogen and oxygen atoms in total. The smallest absolute Gasteiger partial charge is 0.219 e. The summed E-state index contributed by atoms with van der Waals surface area (Å²) in [6.07, 6.45) is 0. The van der Waals surface area contributed by atoms with E-state index in [1.165, 1.54) is 18.2 Å². The van der Waals surface area contributed by atoms with Crippen molar-refractivity contribution in [2.24, 2.45) is 10.2 Å². The zero-order valence-electron chi connectivity index (χ0n) is 11.3. The third-order valence-corrected chi connectivity index (χ3v) is 3.89. The average Bonchev–Trinajstić information content (AvgIpc) is 2.50. The number of carbonyl (C=O) groups excluding carboxylic acids is 1. The molecule has 0 N–H and O–H groups in total. The first kappa shape index (κ1) is 17.7. The van der Waals surface area contributed by atoms with Crippen molar-refractivity contribution in [1.29, 1.82) is 5.26 Å². The number of benzene rings is 2. The number of carbonyl (C=O) groups is 1. The van der Waals surface area contributed by atoms with Crippen LogP contribution in [0.2, 0.25) is 20.1 Å². The number of halogens is 4. The lowest BCUT2D eigenvalue weighted by Crippen LogP contribution is -2.16. The van der Waals surface area contributed by atoms with Gasteiger partial charge in [-0.3, -0.25) is 4.79 Å². The Hall–Kier alpha value is -1.64. The summed E-state index contributed by atoms with van der Waals surface area (Å²) in [6.45, 7) is 0. The van der Waals surface area contributed by atoms with Gasteiger partial charge in [-0.15, -0.1) is 0 Å². The van der Waals surface area contributed by atoms with Crippen LogP contribution in [0.25, 0.3) is 0 Å². The lowest BCUT2D eigenvalue weighted by atomic mass is 10.1. The number of nitriles is 1. The van der Waals surface area contributed by atoms with Crippen LogP contribution in [0.1, 0.15) is 10.4 Å². The monoisotopic (exact) mass is 385 g/mol. The number of hydrogen-bond acceptors (Lipinski definition) is 4. The molecule has 116 valence electrons. The first-order chi connectivity index (χ1) is 10.9. The Morgan fingerprint density at radius 2 is 1.65 bits per heavy atom. The Labute approximate surface area is 152 Å². The van der Waals surface area contributed by atoms with Crippen molar-refractivity contribution in [3.05, 3.63) is 62.1 Å². The Morgan fingerprint density at radius 1 is 1.04 bits per heavy atom. The van der Waals surface area contributed by atoms with Crippen molar-refractivity contribution in [1.82, 2.24) is 0 Å². The topological polar surface area (TPSA) is 65.6 Å². The molecule has 0 bridgehead atoms. The SMILES string of the molecule is N#CC(N=Nc1c(Cl)cc(Cl)cc1Cl)C(=O)c1ccccc1Cl. The fourth-order valence-electron chi connectivity index (χ4n) is 1.69. The number of ketones is 1. The summed E-state index contributed by atoms with van der Waals surface area (Å²) >= 11 is 23.7. The van der Waals surface area contributed by atoms with Gasteiger partial charge in [0.25, 0.3) is 0 Å².